The van der Waals surface area contributed by atoms with Crippen molar-refractivity contribution in [3.8, 4) is 22.9 Å². The van der Waals surface area contributed by atoms with Gasteiger partial charge in [-0.1, -0.05) is 72.8 Å². The Bertz CT molecular complexity index is 1620. The summed E-state index contributed by atoms with van der Waals surface area (Å²) in [5.74, 6) is -0.284. The minimum absolute atomic E-state index is 0.0762. The SMILES string of the molecule is N#Cc1ccc(-c2ccc(OC(=O)c3nn(Cc4ccccc4)c(=O)c4ccccc34)cc2)cc1. The Labute approximate surface area is 201 Å². The Morgan fingerprint density at radius 1 is 0.800 bits per heavy atom. The predicted molar refractivity (Wildman–Crippen MR) is 133 cm³/mol. The molecule has 0 fully saturated rings. The van der Waals surface area contributed by atoms with Gasteiger partial charge in [0.1, 0.15) is 5.75 Å². The zero-order valence-electron chi connectivity index (χ0n) is 18.6. The first-order valence-corrected chi connectivity index (χ1v) is 11.0. The smallest absolute Gasteiger partial charge is 0.364 e. The van der Waals surface area contributed by atoms with E-state index in [1.807, 2.05) is 54.6 Å². The Hall–Kier alpha value is -5.02. The van der Waals surface area contributed by atoms with E-state index in [-0.39, 0.29) is 17.8 Å². The molecule has 0 saturated carbocycles. The first-order chi connectivity index (χ1) is 17.1. The first kappa shape index (κ1) is 21.8. The Morgan fingerprint density at radius 3 is 2.06 bits per heavy atom. The Morgan fingerprint density at radius 2 is 1.40 bits per heavy atom. The fourth-order valence-corrected chi connectivity index (χ4v) is 3.86. The molecule has 0 saturated heterocycles. The molecule has 0 atom stereocenters. The molecule has 0 unspecified atom stereocenters. The molecule has 0 aliphatic heterocycles. The summed E-state index contributed by atoms with van der Waals surface area (Å²) in [6.45, 7) is 0.240. The third-order valence-corrected chi connectivity index (χ3v) is 5.65. The summed E-state index contributed by atoms with van der Waals surface area (Å²) < 4.78 is 6.92. The zero-order valence-corrected chi connectivity index (χ0v) is 18.6. The molecule has 6 nitrogen and oxygen atoms in total. The van der Waals surface area contributed by atoms with E-state index in [1.54, 1.807) is 48.5 Å². The van der Waals surface area contributed by atoms with Crippen molar-refractivity contribution in [3.63, 3.8) is 0 Å². The first-order valence-electron chi connectivity index (χ1n) is 11.0. The van der Waals surface area contributed by atoms with Crippen molar-refractivity contribution in [1.82, 2.24) is 9.78 Å². The van der Waals surface area contributed by atoms with Crippen molar-refractivity contribution in [2.45, 2.75) is 6.54 Å². The predicted octanol–water partition coefficient (Wildman–Crippen LogP) is 5.20. The van der Waals surface area contributed by atoms with Gasteiger partial charge in [0, 0.05) is 5.39 Å². The Balaban J connectivity index is 1.44. The molecule has 0 radical (unpaired) electrons. The zero-order chi connectivity index (χ0) is 24.2. The number of aromatic nitrogens is 2. The molecule has 0 aliphatic rings. The van der Waals surface area contributed by atoms with Gasteiger partial charge in [0.2, 0.25) is 0 Å². The van der Waals surface area contributed by atoms with Crippen LogP contribution in [0.25, 0.3) is 21.9 Å². The summed E-state index contributed by atoms with van der Waals surface area (Å²) in [5, 5.41) is 14.2. The summed E-state index contributed by atoms with van der Waals surface area (Å²) in [6.07, 6.45) is 0. The molecule has 6 heteroatoms. The minimum atomic E-state index is -0.644. The van der Waals surface area contributed by atoms with Crippen LogP contribution in [0.1, 0.15) is 21.6 Å². The van der Waals surface area contributed by atoms with E-state index in [4.69, 9.17) is 10.00 Å². The van der Waals surface area contributed by atoms with Crippen molar-refractivity contribution in [3.05, 3.63) is 130 Å². The molecule has 35 heavy (non-hydrogen) atoms. The maximum atomic E-state index is 13.1. The van der Waals surface area contributed by atoms with E-state index in [0.717, 1.165) is 16.7 Å². The molecular weight excluding hydrogens is 438 g/mol. The van der Waals surface area contributed by atoms with E-state index < -0.39 is 5.97 Å². The second-order valence-corrected chi connectivity index (χ2v) is 7.95. The van der Waals surface area contributed by atoms with Crippen LogP contribution in [0, 0.1) is 11.3 Å². The number of ether oxygens (including phenoxy) is 1. The fourth-order valence-electron chi connectivity index (χ4n) is 3.86. The monoisotopic (exact) mass is 457 g/mol. The van der Waals surface area contributed by atoms with Crippen molar-refractivity contribution in [1.29, 1.82) is 5.26 Å². The lowest BCUT2D eigenvalue weighted by Gasteiger charge is -2.11. The van der Waals surface area contributed by atoms with Crippen molar-refractivity contribution in [2.75, 3.05) is 0 Å². The molecule has 1 aromatic heterocycles. The van der Waals surface area contributed by atoms with Crippen LogP contribution in [0.2, 0.25) is 0 Å². The highest BCUT2D eigenvalue weighted by Crippen LogP contribution is 2.24. The van der Waals surface area contributed by atoms with Crippen LogP contribution in [0.4, 0.5) is 0 Å². The number of rotatable bonds is 5. The largest absolute Gasteiger partial charge is 0.422 e. The third kappa shape index (κ3) is 4.56. The second-order valence-electron chi connectivity index (χ2n) is 7.95. The molecule has 0 N–H and O–H groups in total. The third-order valence-electron chi connectivity index (χ3n) is 5.65. The van der Waals surface area contributed by atoms with E-state index in [0.29, 0.717) is 22.1 Å². The molecule has 5 aromatic rings. The van der Waals surface area contributed by atoms with E-state index in [2.05, 4.69) is 11.2 Å². The number of nitrogens with zero attached hydrogens (tertiary/aromatic N) is 3. The van der Waals surface area contributed by atoms with Crippen LogP contribution < -0.4 is 10.3 Å². The van der Waals surface area contributed by atoms with Crippen LogP contribution in [-0.2, 0) is 6.54 Å². The van der Waals surface area contributed by atoms with Gasteiger partial charge in [0.15, 0.2) is 5.69 Å². The quantitative estimate of drug-likeness (QED) is 0.267. The average molecular weight is 457 g/mol. The normalized spacial score (nSPS) is 10.6. The summed E-state index contributed by atoms with van der Waals surface area (Å²) in [5.41, 5.74) is 3.17. The van der Waals surface area contributed by atoms with Crippen LogP contribution in [0.15, 0.2) is 108 Å². The number of fused-ring (bicyclic) bond motifs is 1. The maximum Gasteiger partial charge on any atom is 0.364 e. The number of hydrogen-bond donors (Lipinski definition) is 0. The Kier molecular flexibility index (Phi) is 5.89. The van der Waals surface area contributed by atoms with Crippen LogP contribution in [-0.4, -0.2) is 15.7 Å². The second kappa shape index (κ2) is 9.46. The number of carbonyl (C=O) groups is 1. The average Bonchev–Trinajstić information content (AvgIpc) is 2.91. The number of nitriles is 1. The van der Waals surface area contributed by atoms with Gasteiger partial charge in [0.05, 0.1) is 23.6 Å². The number of benzene rings is 4. The maximum absolute atomic E-state index is 13.1. The molecular formula is C29H19N3O3. The highest BCUT2D eigenvalue weighted by atomic mass is 16.5. The van der Waals surface area contributed by atoms with Crippen LogP contribution >= 0.6 is 0 Å². The van der Waals surface area contributed by atoms with Crippen LogP contribution in [0.5, 0.6) is 5.75 Å². The standard InChI is InChI=1S/C29H19N3O3/c30-18-20-10-12-22(13-11-20)23-14-16-24(17-15-23)35-29(34)27-25-8-4-5-9-26(25)28(33)32(31-27)19-21-6-2-1-3-7-21/h1-17H,19H2. The minimum Gasteiger partial charge on any atom is -0.422 e. The number of carbonyl (C=O) groups excluding carboxylic acids is 1. The van der Waals surface area contributed by atoms with Crippen LogP contribution in [0.3, 0.4) is 0 Å². The van der Waals surface area contributed by atoms with Gasteiger partial charge in [-0.3, -0.25) is 4.79 Å². The van der Waals surface area contributed by atoms with E-state index >= 15 is 0 Å². The molecule has 168 valence electrons. The van der Waals surface area contributed by atoms with Gasteiger partial charge < -0.3 is 4.74 Å². The molecule has 0 amide bonds. The number of esters is 1. The molecule has 4 aromatic carbocycles. The lowest BCUT2D eigenvalue weighted by molar-refractivity contribution is 0.0728. The highest BCUT2D eigenvalue weighted by molar-refractivity contribution is 6.02. The summed E-state index contributed by atoms with van der Waals surface area (Å²) in [6, 6.07) is 32.8. The molecule has 5 rings (SSSR count). The highest BCUT2D eigenvalue weighted by Gasteiger charge is 2.19. The van der Waals surface area contributed by atoms with Gasteiger partial charge in [-0.25, -0.2) is 9.48 Å². The van der Waals surface area contributed by atoms with Crippen molar-refractivity contribution in [2.24, 2.45) is 0 Å². The molecule has 0 bridgehead atoms. The topological polar surface area (TPSA) is 85.0 Å². The summed E-state index contributed by atoms with van der Waals surface area (Å²) in [7, 11) is 0. The summed E-state index contributed by atoms with van der Waals surface area (Å²) >= 11 is 0. The van der Waals surface area contributed by atoms with Gasteiger partial charge >= 0.3 is 5.97 Å². The molecule has 1 heterocycles. The summed E-state index contributed by atoms with van der Waals surface area (Å²) in [4.78, 5) is 26.1. The van der Waals surface area contributed by atoms with E-state index in [1.165, 1.54) is 4.68 Å². The van der Waals surface area contributed by atoms with Gasteiger partial charge in [-0.15, -0.1) is 0 Å². The lowest BCUT2D eigenvalue weighted by Crippen LogP contribution is -2.27. The van der Waals surface area contributed by atoms with Gasteiger partial charge in [-0.2, -0.15) is 10.4 Å². The molecule has 0 spiro atoms. The number of hydrogen-bond acceptors (Lipinski definition) is 5. The lowest BCUT2D eigenvalue weighted by atomic mass is 10.0. The van der Waals surface area contributed by atoms with Crippen molar-refractivity contribution >= 4 is 16.7 Å². The fraction of sp³-hybridized carbons (Fsp3) is 0.0345. The van der Waals surface area contributed by atoms with Crippen molar-refractivity contribution < 1.29 is 9.53 Å². The van der Waals surface area contributed by atoms with Gasteiger partial charge in [-0.05, 0) is 47.0 Å². The van der Waals surface area contributed by atoms with Gasteiger partial charge in [0.25, 0.3) is 5.56 Å². The van der Waals surface area contributed by atoms with E-state index in [9.17, 15) is 9.59 Å². The molecule has 0 aliphatic carbocycles.